The maximum absolute atomic E-state index is 11.9. The third-order valence-electron chi connectivity index (χ3n) is 3.01. The standard InChI is InChI=1S/C12H24O5S/c1-7-11(2,3)10(13)17-12(4,5)8-9-18(14,15)16-6/h7-9H2,1-6H3. The summed E-state index contributed by atoms with van der Waals surface area (Å²) in [5.41, 5.74) is -1.38. The second kappa shape index (κ2) is 6.02. The highest BCUT2D eigenvalue weighted by Gasteiger charge is 2.33. The molecule has 0 heterocycles. The second-order valence-electron chi connectivity index (χ2n) is 5.57. The number of rotatable bonds is 7. The summed E-state index contributed by atoms with van der Waals surface area (Å²) in [6.45, 7) is 8.90. The van der Waals surface area contributed by atoms with Crippen molar-refractivity contribution in [1.29, 1.82) is 0 Å². The van der Waals surface area contributed by atoms with Crippen LogP contribution in [-0.4, -0.2) is 32.9 Å². The van der Waals surface area contributed by atoms with Crippen LogP contribution in [0.5, 0.6) is 0 Å². The Morgan fingerprint density at radius 2 is 1.67 bits per heavy atom. The Hall–Kier alpha value is -0.620. The molecule has 0 aliphatic rings. The third-order valence-corrected chi connectivity index (χ3v) is 4.23. The highest BCUT2D eigenvalue weighted by atomic mass is 32.2. The number of carbonyl (C=O) groups is 1. The summed E-state index contributed by atoms with van der Waals surface area (Å²) < 4.78 is 32.2. The molecule has 0 unspecified atom stereocenters. The molecule has 0 radical (unpaired) electrons. The topological polar surface area (TPSA) is 69.7 Å². The van der Waals surface area contributed by atoms with Gasteiger partial charge in [0.05, 0.1) is 18.3 Å². The molecule has 0 rings (SSSR count). The predicted molar refractivity (Wildman–Crippen MR) is 69.7 cm³/mol. The second-order valence-corrected chi connectivity index (χ2v) is 7.42. The van der Waals surface area contributed by atoms with Gasteiger partial charge in [0.2, 0.25) is 0 Å². The first kappa shape index (κ1) is 17.4. The first-order chi connectivity index (χ1) is 7.96. The van der Waals surface area contributed by atoms with Crippen molar-refractivity contribution in [2.24, 2.45) is 5.41 Å². The van der Waals surface area contributed by atoms with Crippen LogP contribution in [0.3, 0.4) is 0 Å². The number of esters is 1. The lowest BCUT2D eigenvalue weighted by Gasteiger charge is -2.30. The van der Waals surface area contributed by atoms with Gasteiger partial charge in [0, 0.05) is 6.42 Å². The Labute approximate surface area is 110 Å². The van der Waals surface area contributed by atoms with Crippen LogP contribution in [0, 0.1) is 5.41 Å². The predicted octanol–water partition coefficient (Wildman–Crippen LogP) is 2.11. The van der Waals surface area contributed by atoms with Crippen molar-refractivity contribution in [2.45, 2.75) is 53.1 Å². The Balaban J connectivity index is 4.54. The smallest absolute Gasteiger partial charge is 0.312 e. The molecule has 0 atom stereocenters. The van der Waals surface area contributed by atoms with E-state index in [1.807, 2.05) is 6.92 Å². The molecule has 108 valence electrons. The Bertz CT molecular complexity index is 381. The molecule has 0 aromatic rings. The maximum atomic E-state index is 11.9. The quantitative estimate of drug-likeness (QED) is 0.527. The minimum absolute atomic E-state index is 0.170. The zero-order chi connectivity index (χ0) is 14.6. The summed E-state index contributed by atoms with van der Waals surface area (Å²) in [5.74, 6) is -0.485. The number of carbonyl (C=O) groups excluding carboxylic acids is 1. The molecule has 18 heavy (non-hydrogen) atoms. The van der Waals surface area contributed by atoms with E-state index >= 15 is 0 Å². The highest BCUT2D eigenvalue weighted by molar-refractivity contribution is 7.86. The average molecular weight is 280 g/mol. The van der Waals surface area contributed by atoms with E-state index < -0.39 is 21.1 Å². The van der Waals surface area contributed by atoms with Crippen LogP contribution in [0.15, 0.2) is 0 Å². The molecule has 0 spiro atoms. The van der Waals surface area contributed by atoms with Gasteiger partial charge in [-0.2, -0.15) is 8.42 Å². The molecule has 5 nitrogen and oxygen atoms in total. The van der Waals surface area contributed by atoms with Gasteiger partial charge in [-0.1, -0.05) is 6.92 Å². The minimum atomic E-state index is -3.52. The largest absolute Gasteiger partial charge is 0.459 e. The number of ether oxygens (including phenoxy) is 1. The van der Waals surface area contributed by atoms with E-state index in [0.29, 0.717) is 6.42 Å². The van der Waals surface area contributed by atoms with Crippen LogP contribution in [0.4, 0.5) is 0 Å². The van der Waals surface area contributed by atoms with Crippen molar-refractivity contribution in [2.75, 3.05) is 12.9 Å². The van der Waals surface area contributed by atoms with Crippen LogP contribution >= 0.6 is 0 Å². The van der Waals surface area contributed by atoms with Crippen molar-refractivity contribution in [1.82, 2.24) is 0 Å². The fourth-order valence-electron chi connectivity index (χ4n) is 1.04. The van der Waals surface area contributed by atoms with Crippen LogP contribution in [0.1, 0.15) is 47.5 Å². The first-order valence-corrected chi connectivity index (χ1v) is 7.55. The van der Waals surface area contributed by atoms with Gasteiger partial charge in [0.25, 0.3) is 10.1 Å². The summed E-state index contributed by atoms with van der Waals surface area (Å²) >= 11 is 0. The van der Waals surface area contributed by atoms with Crippen molar-refractivity contribution in [3.05, 3.63) is 0 Å². The van der Waals surface area contributed by atoms with Gasteiger partial charge in [0.15, 0.2) is 0 Å². The van der Waals surface area contributed by atoms with Gasteiger partial charge in [-0.15, -0.1) is 0 Å². The van der Waals surface area contributed by atoms with Crippen molar-refractivity contribution < 1.29 is 22.1 Å². The summed E-state index contributed by atoms with van der Waals surface area (Å²) in [6.07, 6.45) is 0.868. The molecular weight excluding hydrogens is 256 g/mol. The molecule has 0 amide bonds. The van der Waals surface area contributed by atoms with E-state index in [1.165, 1.54) is 0 Å². The van der Waals surface area contributed by atoms with Gasteiger partial charge in [0.1, 0.15) is 5.60 Å². The molecule has 6 heteroatoms. The molecule has 0 fully saturated rings. The van der Waals surface area contributed by atoms with Crippen LogP contribution < -0.4 is 0 Å². The van der Waals surface area contributed by atoms with E-state index in [0.717, 1.165) is 7.11 Å². The van der Waals surface area contributed by atoms with Crippen LogP contribution in [-0.2, 0) is 23.8 Å². The van der Waals surface area contributed by atoms with Gasteiger partial charge in [-0.05, 0) is 34.1 Å². The van der Waals surface area contributed by atoms with Gasteiger partial charge in [-0.3, -0.25) is 8.98 Å². The Kier molecular flexibility index (Phi) is 5.81. The maximum Gasteiger partial charge on any atom is 0.312 e. The van der Waals surface area contributed by atoms with Crippen molar-refractivity contribution >= 4 is 16.1 Å². The monoisotopic (exact) mass is 280 g/mol. The first-order valence-electron chi connectivity index (χ1n) is 5.97. The zero-order valence-corrected chi connectivity index (χ0v) is 12.9. The molecule has 0 aromatic heterocycles. The van der Waals surface area contributed by atoms with Crippen molar-refractivity contribution in [3.63, 3.8) is 0 Å². The molecule has 0 aliphatic carbocycles. The summed E-state index contributed by atoms with van der Waals surface area (Å²) in [7, 11) is -2.40. The molecule has 0 bridgehead atoms. The third kappa shape index (κ3) is 5.82. The molecule has 0 aromatic carbocycles. The highest BCUT2D eigenvalue weighted by Crippen LogP contribution is 2.26. The lowest BCUT2D eigenvalue weighted by atomic mass is 9.90. The summed E-state index contributed by atoms with van der Waals surface area (Å²) in [5, 5.41) is 0. The SMILES string of the molecule is CCC(C)(C)C(=O)OC(C)(C)CCS(=O)(=O)OC. The van der Waals surface area contributed by atoms with E-state index in [2.05, 4.69) is 4.18 Å². The van der Waals surface area contributed by atoms with Gasteiger partial charge in [-0.25, -0.2) is 0 Å². The van der Waals surface area contributed by atoms with Crippen LogP contribution in [0.25, 0.3) is 0 Å². The molecule has 0 saturated carbocycles. The summed E-state index contributed by atoms with van der Waals surface area (Å²) in [6, 6.07) is 0. The minimum Gasteiger partial charge on any atom is -0.459 e. The Morgan fingerprint density at radius 3 is 2.06 bits per heavy atom. The van der Waals surface area contributed by atoms with Crippen molar-refractivity contribution in [3.8, 4) is 0 Å². The van der Waals surface area contributed by atoms with Gasteiger partial charge >= 0.3 is 5.97 Å². The molecular formula is C12H24O5S. The molecule has 0 N–H and O–H groups in total. The number of hydrogen-bond donors (Lipinski definition) is 0. The lowest BCUT2D eigenvalue weighted by molar-refractivity contribution is -0.167. The zero-order valence-electron chi connectivity index (χ0n) is 12.1. The lowest BCUT2D eigenvalue weighted by Crippen LogP contribution is -2.36. The van der Waals surface area contributed by atoms with E-state index in [9.17, 15) is 13.2 Å². The van der Waals surface area contributed by atoms with Gasteiger partial charge < -0.3 is 4.74 Å². The molecule has 0 aliphatic heterocycles. The number of hydrogen-bond acceptors (Lipinski definition) is 5. The Morgan fingerprint density at radius 1 is 1.17 bits per heavy atom. The van der Waals surface area contributed by atoms with E-state index in [-0.39, 0.29) is 18.1 Å². The van der Waals surface area contributed by atoms with E-state index in [1.54, 1.807) is 27.7 Å². The average Bonchev–Trinajstić information content (AvgIpc) is 2.26. The summed E-state index contributed by atoms with van der Waals surface area (Å²) in [4.78, 5) is 11.9. The van der Waals surface area contributed by atoms with Crippen LogP contribution in [0.2, 0.25) is 0 Å². The molecule has 0 saturated heterocycles. The van der Waals surface area contributed by atoms with E-state index in [4.69, 9.17) is 4.74 Å². The normalized spacial score (nSPS) is 13.4. The fraction of sp³-hybridized carbons (Fsp3) is 0.917. The fourth-order valence-corrected chi connectivity index (χ4v) is 1.95.